The topological polar surface area (TPSA) is 0 Å². The number of benzene rings is 4. The molecule has 0 saturated carbocycles. The number of rotatable bonds is 1. The molecule has 2 aliphatic rings. The largest absolute Gasteiger partial charge is 0.0619 e. The highest BCUT2D eigenvalue weighted by atomic mass is 79.9. The number of hydrogen-bond acceptors (Lipinski definition) is 0. The molecule has 0 radical (unpaired) electrons. The second-order valence-electron chi connectivity index (χ2n) is 9.97. The summed E-state index contributed by atoms with van der Waals surface area (Å²) in [6, 6.07) is 29.5. The zero-order valence-electron chi connectivity index (χ0n) is 18.4. The van der Waals surface area contributed by atoms with Crippen molar-refractivity contribution in [3.05, 3.63) is 106 Å². The zero-order valence-corrected chi connectivity index (χ0v) is 20.0. The minimum atomic E-state index is -0.0130. The lowest BCUT2D eigenvalue weighted by Crippen LogP contribution is -2.17. The van der Waals surface area contributed by atoms with Gasteiger partial charge in [0.05, 0.1) is 0 Å². The Morgan fingerprint density at radius 1 is 0.516 bits per heavy atom. The van der Waals surface area contributed by atoms with E-state index in [1.54, 1.807) is 0 Å². The molecule has 0 nitrogen and oxygen atoms in total. The van der Waals surface area contributed by atoms with E-state index in [9.17, 15) is 0 Å². The van der Waals surface area contributed by atoms with E-state index in [0.717, 1.165) is 4.47 Å². The molecule has 1 heteroatoms. The van der Waals surface area contributed by atoms with Crippen molar-refractivity contribution in [2.75, 3.05) is 0 Å². The summed E-state index contributed by atoms with van der Waals surface area (Å²) in [5, 5.41) is 0. The molecular formula is C30H25Br. The van der Waals surface area contributed by atoms with Crippen LogP contribution in [0.5, 0.6) is 0 Å². The highest BCUT2D eigenvalue weighted by molar-refractivity contribution is 9.10. The van der Waals surface area contributed by atoms with Gasteiger partial charge in [-0.3, -0.25) is 0 Å². The predicted molar refractivity (Wildman–Crippen MR) is 135 cm³/mol. The molecule has 0 aliphatic heterocycles. The molecule has 0 spiro atoms. The van der Waals surface area contributed by atoms with E-state index in [1.165, 1.54) is 55.6 Å². The Morgan fingerprint density at radius 2 is 1.13 bits per heavy atom. The molecule has 0 heterocycles. The van der Waals surface area contributed by atoms with Gasteiger partial charge in [-0.2, -0.15) is 0 Å². The van der Waals surface area contributed by atoms with Crippen molar-refractivity contribution in [1.29, 1.82) is 0 Å². The Balaban J connectivity index is 1.58. The standard InChI is InChI=1S/C30H25Br/c1-29(2)26-16-18(12-14-22(26)23-15-13-19(31)17-27(23)29)20-9-7-10-24-21-8-5-6-11-25(21)30(3,4)28(20)24/h5-17H,1-4H3. The maximum Gasteiger partial charge on any atom is 0.0178 e. The Hall–Kier alpha value is -2.64. The fourth-order valence-electron chi connectivity index (χ4n) is 5.97. The van der Waals surface area contributed by atoms with Crippen molar-refractivity contribution >= 4 is 15.9 Å². The van der Waals surface area contributed by atoms with Crippen molar-refractivity contribution in [2.24, 2.45) is 0 Å². The van der Waals surface area contributed by atoms with Crippen LogP contribution in [-0.2, 0) is 10.8 Å². The van der Waals surface area contributed by atoms with E-state index in [4.69, 9.17) is 0 Å². The van der Waals surface area contributed by atoms with Gasteiger partial charge < -0.3 is 0 Å². The van der Waals surface area contributed by atoms with Crippen LogP contribution in [0, 0.1) is 0 Å². The summed E-state index contributed by atoms with van der Waals surface area (Å²) < 4.78 is 1.15. The molecule has 0 atom stereocenters. The van der Waals surface area contributed by atoms with Crippen LogP contribution in [0.3, 0.4) is 0 Å². The van der Waals surface area contributed by atoms with E-state index in [2.05, 4.69) is 122 Å². The first-order chi connectivity index (χ1) is 14.8. The molecule has 0 aromatic heterocycles. The van der Waals surface area contributed by atoms with Gasteiger partial charge in [-0.1, -0.05) is 104 Å². The Morgan fingerprint density at radius 3 is 1.94 bits per heavy atom. The molecule has 0 fully saturated rings. The van der Waals surface area contributed by atoms with Crippen molar-refractivity contribution in [3.8, 4) is 33.4 Å². The maximum absolute atomic E-state index is 3.67. The zero-order chi connectivity index (χ0) is 21.5. The average molecular weight is 465 g/mol. The minimum Gasteiger partial charge on any atom is -0.0619 e. The van der Waals surface area contributed by atoms with Gasteiger partial charge in [-0.05, 0) is 73.8 Å². The summed E-state index contributed by atoms with van der Waals surface area (Å²) in [4.78, 5) is 0. The molecular weight excluding hydrogens is 440 g/mol. The molecule has 4 aromatic carbocycles. The maximum atomic E-state index is 3.67. The van der Waals surface area contributed by atoms with Gasteiger partial charge in [-0.15, -0.1) is 0 Å². The van der Waals surface area contributed by atoms with E-state index in [0.29, 0.717) is 0 Å². The van der Waals surface area contributed by atoms with Gasteiger partial charge >= 0.3 is 0 Å². The number of hydrogen-bond donors (Lipinski definition) is 0. The predicted octanol–water partition coefficient (Wildman–Crippen LogP) is 8.73. The second-order valence-corrected chi connectivity index (χ2v) is 10.9. The molecule has 6 rings (SSSR count). The summed E-state index contributed by atoms with van der Waals surface area (Å²) >= 11 is 3.67. The highest BCUT2D eigenvalue weighted by Crippen LogP contribution is 2.54. The van der Waals surface area contributed by atoms with Crippen LogP contribution in [0.2, 0.25) is 0 Å². The summed E-state index contributed by atoms with van der Waals surface area (Å²) in [5.74, 6) is 0. The Labute approximate surface area is 193 Å². The van der Waals surface area contributed by atoms with Crippen LogP contribution in [0.4, 0.5) is 0 Å². The van der Waals surface area contributed by atoms with Crippen molar-refractivity contribution < 1.29 is 0 Å². The van der Waals surface area contributed by atoms with Gasteiger partial charge in [0, 0.05) is 15.3 Å². The number of halogens is 1. The first-order valence-electron chi connectivity index (χ1n) is 11.0. The third-order valence-corrected chi connectivity index (χ3v) is 8.02. The lowest BCUT2D eigenvalue weighted by molar-refractivity contribution is 0.658. The third kappa shape index (κ3) is 2.47. The van der Waals surface area contributed by atoms with Crippen molar-refractivity contribution in [1.82, 2.24) is 0 Å². The molecule has 0 unspecified atom stereocenters. The Kier molecular flexibility index (Phi) is 3.82. The van der Waals surface area contributed by atoms with Gasteiger partial charge in [0.2, 0.25) is 0 Å². The van der Waals surface area contributed by atoms with Gasteiger partial charge in [0.15, 0.2) is 0 Å². The molecule has 0 saturated heterocycles. The molecule has 0 amide bonds. The Bertz CT molecular complexity index is 1390. The van der Waals surface area contributed by atoms with E-state index >= 15 is 0 Å². The van der Waals surface area contributed by atoms with Crippen LogP contribution in [0.1, 0.15) is 49.9 Å². The van der Waals surface area contributed by atoms with Gasteiger partial charge in [0.1, 0.15) is 0 Å². The normalized spacial score (nSPS) is 16.4. The molecule has 31 heavy (non-hydrogen) atoms. The average Bonchev–Trinajstić information content (AvgIpc) is 3.13. The summed E-state index contributed by atoms with van der Waals surface area (Å²) in [5.41, 5.74) is 13.8. The quantitative estimate of drug-likeness (QED) is 0.264. The van der Waals surface area contributed by atoms with E-state index in [1.807, 2.05) is 0 Å². The third-order valence-electron chi connectivity index (χ3n) is 7.53. The van der Waals surface area contributed by atoms with E-state index in [-0.39, 0.29) is 10.8 Å². The number of fused-ring (bicyclic) bond motifs is 6. The fourth-order valence-corrected chi connectivity index (χ4v) is 6.33. The first-order valence-corrected chi connectivity index (χ1v) is 11.8. The van der Waals surface area contributed by atoms with Crippen molar-refractivity contribution in [2.45, 2.75) is 38.5 Å². The van der Waals surface area contributed by atoms with Crippen molar-refractivity contribution in [3.63, 3.8) is 0 Å². The monoisotopic (exact) mass is 464 g/mol. The van der Waals surface area contributed by atoms with Crippen LogP contribution in [0.15, 0.2) is 83.3 Å². The van der Waals surface area contributed by atoms with Crippen LogP contribution < -0.4 is 0 Å². The molecule has 0 bridgehead atoms. The van der Waals surface area contributed by atoms with Gasteiger partial charge in [0.25, 0.3) is 0 Å². The molecule has 0 N–H and O–H groups in total. The molecule has 2 aliphatic carbocycles. The smallest absolute Gasteiger partial charge is 0.0178 e. The van der Waals surface area contributed by atoms with Crippen LogP contribution in [-0.4, -0.2) is 0 Å². The SMILES string of the molecule is CC1(C)c2cc(Br)ccc2-c2ccc(-c3cccc4c3C(C)(C)c3ccccc3-4)cc21. The lowest BCUT2D eigenvalue weighted by Gasteiger charge is -2.26. The van der Waals surface area contributed by atoms with Crippen LogP contribution in [0.25, 0.3) is 33.4 Å². The van der Waals surface area contributed by atoms with Gasteiger partial charge in [-0.25, -0.2) is 0 Å². The first kappa shape index (κ1) is 19.1. The van der Waals surface area contributed by atoms with Crippen LogP contribution >= 0.6 is 15.9 Å². The fraction of sp³-hybridized carbons (Fsp3) is 0.200. The summed E-state index contributed by atoms with van der Waals surface area (Å²) in [7, 11) is 0. The highest BCUT2D eigenvalue weighted by Gasteiger charge is 2.39. The second kappa shape index (κ2) is 6.20. The summed E-state index contributed by atoms with van der Waals surface area (Å²) in [6.45, 7) is 9.43. The van der Waals surface area contributed by atoms with E-state index < -0.39 is 0 Å². The molecule has 4 aromatic rings. The lowest BCUT2D eigenvalue weighted by atomic mass is 9.77. The summed E-state index contributed by atoms with van der Waals surface area (Å²) in [6.07, 6.45) is 0. The molecule has 152 valence electrons. The minimum absolute atomic E-state index is 0.00905.